The van der Waals surface area contributed by atoms with E-state index in [2.05, 4.69) is 17.9 Å². The van der Waals surface area contributed by atoms with Crippen molar-refractivity contribution >= 4 is 11.6 Å². The van der Waals surface area contributed by atoms with Gasteiger partial charge in [0.05, 0.1) is 13.2 Å². The average Bonchev–Trinajstić information content (AvgIpc) is 2.34. The summed E-state index contributed by atoms with van der Waals surface area (Å²) >= 11 is 6.23. The first-order chi connectivity index (χ1) is 7.83. The van der Waals surface area contributed by atoms with Crippen LogP contribution in [-0.2, 0) is 4.74 Å². The number of morpholine rings is 1. The Morgan fingerprint density at radius 2 is 2.00 bits per heavy atom. The van der Waals surface area contributed by atoms with E-state index < -0.39 is 0 Å². The smallest absolute Gasteiger partial charge is 0.0594 e. The molecule has 1 aromatic rings. The molecule has 0 saturated carbocycles. The van der Waals surface area contributed by atoms with Gasteiger partial charge >= 0.3 is 0 Å². The Labute approximate surface area is 102 Å². The highest BCUT2D eigenvalue weighted by Crippen LogP contribution is 2.30. The van der Waals surface area contributed by atoms with Gasteiger partial charge < -0.3 is 4.74 Å². The number of halogens is 1. The molecule has 1 fully saturated rings. The lowest BCUT2D eigenvalue weighted by atomic mass is 10.0. The van der Waals surface area contributed by atoms with Gasteiger partial charge in [-0.3, -0.25) is 4.90 Å². The third kappa shape index (κ3) is 2.57. The van der Waals surface area contributed by atoms with Crippen LogP contribution < -0.4 is 0 Å². The highest BCUT2D eigenvalue weighted by Gasteiger charge is 2.22. The van der Waals surface area contributed by atoms with Gasteiger partial charge in [-0.2, -0.15) is 0 Å². The zero-order valence-electron chi connectivity index (χ0n) is 9.36. The predicted molar refractivity (Wildman–Crippen MR) is 66.6 cm³/mol. The standard InChI is InChI=1S/C13H17ClNO/c1-2-13(15-7-9-16-10-8-15)11-5-3-4-6-12(11)14/h3-6,13H,1-2,7-10H2. The molecule has 1 aliphatic rings. The maximum absolute atomic E-state index is 6.23. The molecule has 1 heterocycles. The molecular formula is C13H17ClNO. The van der Waals surface area contributed by atoms with Gasteiger partial charge in [-0.25, -0.2) is 0 Å². The first-order valence-electron chi connectivity index (χ1n) is 5.68. The second-order valence-corrected chi connectivity index (χ2v) is 4.38. The summed E-state index contributed by atoms with van der Waals surface area (Å²) in [6.07, 6.45) is 0.837. The normalized spacial score (nSPS) is 19.6. The van der Waals surface area contributed by atoms with Crippen LogP contribution in [0.5, 0.6) is 0 Å². The molecule has 1 radical (unpaired) electrons. The lowest BCUT2D eigenvalue weighted by molar-refractivity contribution is 0.0165. The Morgan fingerprint density at radius 1 is 1.31 bits per heavy atom. The van der Waals surface area contributed by atoms with E-state index in [4.69, 9.17) is 16.3 Å². The van der Waals surface area contributed by atoms with Crippen LogP contribution >= 0.6 is 11.6 Å². The van der Waals surface area contributed by atoms with Crippen molar-refractivity contribution in [1.29, 1.82) is 0 Å². The Balaban J connectivity index is 2.18. The monoisotopic (exact) mass is 238 g/mol. The number of ether oxygens (including phenoxy) is 1. The van der Waals surface area contributed by atoms with Gasteiger partial charge in [0.1, 0.15) is 0 Å². The maximum atomic E-state index is 6.23. The Bertz CT molecular complexity index is 336. The van der Waals surface area contributed by atoms with Crippen molar-refractivity contribution in [2.75, 3.05) is 26.3 Å². The topological polar surface area (TPSA) is 12.5 Å². The summed E-state index contributed by atoms with van der Waals surface area (Å²) in [6, 6.07) is 8.35. The van der Waals surface area contributed by atoms with Gasteiger partial charge in [-0.15, -0.1) is 0 Å². The fraction of sp³-hybridized carbons (Fsp3) is 0.462. The van der Waals surface area contributed by atoms with Gasteiger partial charge in [0, 0.05) is 24.2 Å². The molecule has 1 aromatic carbocycles. The number of nitrogens with zero attached hydrogens (tertiary/aromatic N) is 1. The van der Waals surface area contributed by atoms with Gasteiger partial charge in [0.15, 0.2) is 0 Å². The van der Waals surface area contributed by atoms with Crippen LogP contribution in [0.3, 0.4) is 0 Å². The molecule has 0 N–H and O–H groups in total. The summed E-state index contributed by atoms with van der Waals surface area (Å²) in [5, 5.41) is 0.836. The summed E-state index contributed by atoms with van der Waals surface area (Å²) in [7, 11) is 0. The van der Waals surface area contributed by atoms with E-state index in [1.807, 2.05) is 18.2 Å². The van der Waals surface area contributed by atoms with Gasteiger partial charge in [0.25, 0.3) is 0 Å². The molecule has 87 valence electrons. The Kier molecular flexibility index (Phi) is 4.22. The van der Waals surface area contributed by atoms with Crippen LogP contribution in [0.15, 0.2) is 24.3 Å². The van der Waals surface area contributed by atoms with Crippen molar-refractivity contribution in [3.8, 4) is 0 Å². The summed E-state index contributed by atoms with van der Waals surface area (Å²) in [5.74, 6) is 0. The number of rotatable bonds is 3. The second kappa shape index (κ2) is 5.67. The zero-order valence-corrected chi connectivity index (χ0v) is 10.1. The van der Waals surface area contributed by atoms with E-state index in [-0.39, 0.29) is 0 Å². The molecular weight excluding hydrogens is 222 g/mol. The molecule has 16 heavy (non-hydrogen) atoms. The fourth-order valence-electron chi connectivity index (χ4n) is 2.17. The lowest BCUT2D eigenvalue weighted by Gasteiger charge is -2.34. The van der Waals surface area contributed by atoms with Crippen LogP contribution in [0.4, 0.5) is 0 Å². The molecule has 0 aromatic heterocycles. The number of benzene rings is 1. The summed E-state index contributed by atoms with van der Waals surface area (Å²) in [6.45, 7) is 7.58. The molecule has 0 spiro atoms. The zero-order chi connectivity index (χ0) is 11.4. The van der Waals surface area contributed by atoms with E-state index in [1.54, 1.807) is 0 Å². The van der Waals surface area contributed by atoms with Crippen LogP contribution in [0, 0.1) is 6.92 Å². The van der Waals surface area contributed by atoms with Crippen LogP contribution in [0.2, 0.25) is 5.02 Å². The first kappa shape index (κ1) is 11.9. The van der Waals surface area contributed by atoms with Gasteiger partial charge in [-0.1, -0.05) is 36.7 Å². The average molecular weight is 239 g/mol. The molecule has 2 rings (SSSR count). The highest BCUT2D eigenvalue weighted by molar-refractivity contribution is 6.31. The van der Waals surface area contributed by atoms with E-state index in [1.165, 1.54) is 5.56 Å². The van der Waals surface area contributed by atoms with Gasteiger partial charge in [0.2, 0.25) is 0 Å². The molecule has 1 unspecified atom stereocenters. The van der Waals surface area contributed by atoms with Gasteiger partial charge in [-0.05, 0) is 18.1 Å². The second-order valence-electron chi connectivity index (χ2n) is 3.97. The maximum Gasteiger partial charge on any atom is 0.0594 e. The van der Waals surface area contributed by atoms with Crippen molar-refractivity contribution in [3.63, 3.8) is 0 Å². The molecule has 1 saturated heterocycles. The van der Waals surface area contributed by atoms with Crippen molar-refractivity contribution in [3.05, 3.63) is 41.8 Å². The predicted octanol–water partition coefficient (Wildman–Crippen LogP) is 2.94. The van der Waals surface area contributed by atoms with Crippen molar-refractivity contribution in [1.82, 2.24) is 4.90 Å². The third-order valence-corrected chi connectivity index (χ3v) is 3.37. The third-order valence-electron chi connectivity index (χ3n) is 3.02. The summed E-state index contributed by atoms with van der Waals surface area (Å²) in [5.41, 5.74) is 1.18. The molecule has 0 aliphatic carbocycles. The highest BCUT2D eigenvalue weighted by atomic mass is 35.5. The largest absolute Gasteiger partial charge is 0.379 e. The van der Waals surface area contributed by atoms with E-state index >= 15 is 0 Å². The fourth-order valence-corrected chi connectivity index (χ4v) is 2.43. The molecule has 3 heteroatoms. The minimum atomic E-state index is 0.317. The van der Waals surface area contributed by atoms with E-state index in [0.29, 0.717) is 6.04 Å². The van der Waals surface area contributed by atoms with E-state index in [9.17, 15) is 0 Å². The molecule has 0 bridgehead atoms. The number of hydrogen-bond donors (Lipinski definition) is 0. The summed E-state index contributed by atoms with van der Waals surface area (Å²) < 4.78 is 5.37. The van der Waals surface area contributed by atoms with Crippen LogP contribution in [0.1, 0.15) is 18.0 Å². The quantitative estimate of drug-likeness (QED) is 0.803. The minimum absolute atomic E-state index is 0.317. The summed E-state index contributed by atoms with van der Waals surface area (Å²) in [4.78, 5) is 2.40. The SMILES string of the molecule is [CH2]CC(c1ccccc1Cl)N1CCOCC1. The lowest BCUT2D eigenvalue weighted by Crippen LogP contribution is -2.39. The van der Waals surface area contributed by atoms with E-state index in [0.717, 1.165) is 37.7 Å². The molecule has 1 atom stereocenters. The van der Waals surface area contributed by atoms with Crippen LogP contribution in [0.25, 0.3) is 0 Å². The Morgan fingerprint density at radius 3 is 2.62 bits per heavy atom. The van der Waals surface area contributed by atoms with Crippen LogP contribution in [-0.4, -0.2) is 31.2 Å². The Hall–Kier alpha value is -0.570. The molecule has 0 amide bonds. The molecule has 1 aliphatic heterocycles. The van der Waals surface area contributed by atoms with Crippen molar-refractivity contribution in [2.24, 2.45) is 0 Å². The molecule has 2 nitrogen and oxygen atoms in total. The minimum Gasteiger partial charge on any atom is -0.379 e. The van der Waals surface area contributed by atoms with Crippen molar-refractivity contribution in [2.45, 2.75) is 12.5 Å². The number of hydrogen-bond acceptors (Lipinski definition) is 2. The first-order valence-corrected chi connectivity index (χ1v) is 6.06. The van der Waals surface area contributed by atoms with Crippen molar-refractivity contribution < 1.29 is 4.74 Å².